The lowest BCUT2D eigenvalue weighted by molar-refractivity contribution is 0.424. The number of nitrogens with two attached hydrogens (primary N) is 2. The van der Waals surface area contributed by atoms with Crippen LogP contribution in [0.25, 0.3) is 11.3 Å². The van der Waals surface area contributed by atoms with Crippen LogP contribution < -0.4 is 11.6 Å². The van der Waals surface area contributed by atoms with E-state index in [0.717, 1.165) is 35.6 Å². The molecule has 2 aromatic rings. The second kappa shape index (κ2) is 5.15. The van der Waals surface area contributed by atoms with E-state index in [0.29, 0.717) is 11.7 Å². The molecule has 3 rings (SSSR count). The Morgan fingerprint density at radius 2 is 1.95 bits per heavy atom. The van der Waals surface area contributed by atoms with Gasteiger partial charge in [-0.25, -0.2) is 9.66 Å². The summed E-state index contributed by atoms with van der Waals surface area (Å²) in [6.07, 6.45) is 7.92. The van der Waals surface area contributed by atoms with Crippen LogP contribution in [0.15, 0.2) is 18.3 Å². The van der Waals surface area contributed by atoms with Gasteiger partial charge in [0.05, 0.1) is 0 Å². The number of rotatable bonds is 2. The lowest BCUT2D eigenvalue weighted by Crippen LogP contribution is -2.19. The summed E-state index contributed by atoms with van der Waals surface area (Å²) in [6, 6.07) is 3.95. The van der Waals surface area contributed by atoms with E-state index >= 15 is 0 Å². The molecule has 4 N–H and O–H groups in total. The van der Waals surface area contributed by atoms with Gasteiger partial charge in [0.1, 0.15) is 11.5 Å². The summed E-state index contributed by atoms with van der Waals surface area (Å²) in [4.78, 5) is 9.01. The highest BCUT2D eigenvalue weighted by atomic mass is 15.4. The van der Waals surface area contributed by atoms with E-state index in [4.69, 9.17) is 16.6 Å². The molecule has 20 heavy (non-hydrogen) atoms. The fourth-order valence-corrected chi connectivity index (χ4v) is 2.93. The van der Waals surface area contributed by atoms with Crippen molar-refractivity contribution < 1.29 is 0 Å². The van der Waals surface area contributed by atoms with Crippen LogP contribution >= 0.6 is 0 Å². The fraction of sp³-hybridized carbons (Fsp3) is 0.467. The van der Waals surface area contributed by atoms with Crippen molar-refractivity contribution in [1.82, 2.24) is 14.6 Å². The number of aryl methyl sites for hydroxylation is 1. The molecule has 1 fully saturated rings. The maximum atomic E-state index is 6.13. The average Bonchev–Trinajstić information content (AvgIpc) is 2.77. The molecule has 1 aliphatic carbocycles. The number of imidazole rings is 1. The zero-order valence-electron chi connectivity index (χ0n) is 11.8. The van der Waals surface area contributed by atoms with Crippen LogP contribution in [0.5, 0.6) is 0 Å². The van der Waals surface area contributed by atoms with E-state index in [2.05, 4.69) is 4.98 Å². The predicted molar refractivity (Wildman–Crippen MR) is 80.6 cm³/mol. The van der Waals surface area contributed by atoms with Gasteiger partial charge in [0.15, 0.2) is 5.82 Å². The molecular weight excluding hydrogens is 250 g/mol. The molecule has 0 unspecified atom stereocenters. The van der Waals surface area contributed by atoms with E-state index in [1.165, 1.54) is 19.3 Å². The van der Waals surface area contributed by atoms with E-state index < -0.39 is 0 Å². The monoisotopic (exact) mass is 271 g/mol. The minimum atomic E-state index is 0.434. The minimum Gasteiger partial charge on any atom is -0.382 e. The number of aromatic nitrogens is 3. The molecule has 2 aromatic heterocycles. The van der Waals surface area contributed by atoms with Crippen molar-refractivity contribution in [1.29, 1.82) is 0 Å². The summed E-state index contributed by atoms with van der Waals surface area (Å²) < 4.78 is 1.56. The Morgan fingerprint density at radius 1 is 1.20 bits per heavy atom. The molecule has 0 aromatic carbocycles. The molecule has 0 amide bonds. The van der Waals surface area contributed by atoms with Crippen LogP contribution in [0.3, 0.4) is 0 Å². The van der Waals surface area contributed by atoms with E-state index in [1.807, 2.05) is 19.1 Å². The first-order valence-corrected chi connectivity index (χ1v) is 7.23. The lowest BCUT2D eigenvalue weighted by Gasteiger charge is -2.20. The third-order valence-electron chi connectivity index (χ3n) is 4.13. The summed E-state index contributed by atoms with van der Waals surface area (Å²) >= 11 is 0. The Morgan fingerprint density at radius 3 is 2.60 bits per heavy atom. The van der Waals surface area contributed by atoms with Gasteiger partial charge in [0.25, 0.3) is 0 Å². The standard InChI is InChI=1S/C15H21N5/c1-10-7-8-12(9-18-10)13-14(16)20(17)15(19-13)11-5-3-2-4-6-11/h7-9,11H,2-6,16-17H2,1H3. The molecule has 0 atom stereocenters. The quantitative estimate of drug-likeness (QED) is 0.822. The summed E-state index contributed by atoms with van der Waals surface area (Å²) in [5, 5.41) is 0. The van der Waals surface area contributed by atoms with Crippen LogP contribution in [0.1, 0.15) is 49.5 Å². The highest BCUT2D eigenvalue weighted by Gasteiger charge is 2.23. The minimum absolute atomic E-state index is 0.434. The molecule has 0 bridgehead atoms. The third kappa shape index (κ3) is 2.24. The van der Waals surface area contributed by atoms with Crippen LogP contribution in [-0.2, 0) is 0 Å². The second-order valence-electron chi connectivity index (χ2n) is 5.60. The fourth-order valence-electron chi connectivity index (χ4n) is 2.93. The molecule has 106 valence electrons. The molecule has 2 heterocycles. The van der Waals surface area contributed by atoms with Gasteiger partial charge in [-0.2, -0.15) is 0 Å². The van der Waals surface area contributed by atoms with Crippen molar-refractivity contribution in [2.24, 2.45) is 0 Å². The molecule has 5 heteroatoms. The van der Waals surface area contributed by atoms with Gasteiger partial charge in [-0.3, -0.25) is 4.98 Å². The zero-order valence-corrected chi connectivity index (χ0v) is 11.8. The number of hydrogen-bond donors (Lipinski definition) is 2. The lowest BCUT2D eigenvalue weighted by atomic mass is 9.89. The van der Waals surface area contributed by atoms with Gasteiger partial charge in [0.2, 0.25) is 0 Å². The van der Waals surface area contributed by atoms with Crippen molar-refractivity contribution >= 4 is 5.82 Å². The van der Waals surface area contributed by atoms with Gasteiger partial charge in [-0.15, -0.1) is 0 Å². The molecule has 0 spiro atoms. The number of anilines is 1. The largest absolute Gasteiger partial charge is 0.382 e. The van der Waals surface area contributed by atoms with Crippen LogP contribution in [0.2, 0.25) is 0 Å². The summed E-state index contributed by atoms with van der Waals surface area (Å²) in [5.74, 6) is 7.98. The zero-order chi connectivity index (χ0) is 14.1. The summed E-state index contributed by atoms with van der Waals surface area (Å²) in [6.45, 7) is 1.96. The first kappa shape index (κ1) is 13.0. The van der Waals surface area contributed by atoms with Crippen molar-refractivity contribution in [3.8, 4) is 11.3 Å². The second-order valence-corrected chi connectivity index (χ2v) is 5.60. The third-order valence-corrected chi connectivity index (χ3v) is 4.13. The Bertz CT molecular complexity index is 593. The summed E-state index contributed by atoms with van der Waals surface area (Å²) in [7, 11) is 0. The topological polar surface area (TPSA) is 82.8 Å². The van der Waals surface area contributed by atoms with Crippen molar-refractivity contribution in [2.75, 3.05) is 11.6 Å². The number of nitrogens with zero attached hydrogens (tertiary/aromatic N) is 3. The Kier molecular flexibility index (Phi) is 3.34. The molecule has 5 nitrogen and oxygen atoms in total. The first-order valence-electron chi connectivity index (χ1n) is 7.23. The van der Waals surface area contributed by atoms with Gasteiger partial charge < -0.3 is 11.6 Å². The van der Waals surface area contributed by atoms with Gasteiger partial charge >= 0.3 is 0 Å². The SMILES string of the molecule is Cc1ccc(-c2nc(C3CCCCC3)n(N)c2N)cn1. The van der Waals surface area contributed by atoms with Crippen molar-refractivity contribution in [2.45, 2.75) is 44.9 Å². The number of hydrogen-bond acceptors (Lipinski definition) is 4. The average molecular weight is 271 g/mol. The van der Waals surface area contributed by atoms with Gasteiger partial charge in [0, 0.05) is 23.4 Å². The van der Waals surface area contributed by atoms with Gasteiger partial charge in [-0.1, -0.05) is 19.3 Å². The highest BCUT2D eigenvalue weighted by molar-refractivity contribution is 5.70. The normalized spacial score (nSPS) is 16.4. The van der Waals surface area contributed by atoms with Crippen LogP contribution in [0.4, 0.5) is 5.82 Å². The summed E-state index contributed by atoms with van der Waals surface area (Å²) in [5.41, 5.74) is 8.78. The van der Waals surface area contributed by atoms with Crippen LogP contribution in [-0.4, -0.2) is 14.6 Å². The number of nitrogen functional groups attached to an aromatic ring is 2. The van der Waals surface area contributed by atoms with E-state index in [-0.39, 0.29) is 0 Å². The molecule has 0 saturated heterocycles. The molecule has 1 saturated carbocycles. The molecule has 0 aliphatic heterocycles. The van der Waals surface area contributed by atoms with Crippen molar-refractivity contribution in [3.05, 3.63) is 29.8 Å². The van der Waals surface area contributed by atoms with E-state index in [1.54, 1.807) is 10.9 Å². The van der Waals surface area contributed by atoms with Gasteiger partial charge in [-0.05, 0) is 31.9 Å². The Hall–Kier alpha value is -2.04. The molecular formula is C15H21N5. The molecule has 0 radical (unpaired) electrons. The maximum Gasteiger partial charge on any atom is 0.150 e. The number of pyridine rings is 1. The predicted octanol–water partition coefficient (Wildman–Crippen LogP) is 2.60. The van der Waals surface area contributed by atoms with E-state index in [9.17, 15) is 0 Å². The highest BCUT2D eigenvalue weighted by Crippen LogP contribution is 2.35. The Balaban J connectivity index is 1.98. The first-order chi connectivity index (χ1) is 9.66. The smallest absolute Gasteiger partial charge is 0.150 e. The Labute approximate surface area is 119 Å². The van der Waals surface area contributed by atoms with Crippen molar-refractivity contribution in [3.63, 3.8) is 0 Å². The van der Waals surface area contributed by atoms with Crippen LogP contribution in [0, 0.1) is 6.92 Å². The maximum absolute atomic E-state index is 6.13. The molecule has 1 aliphatic rings.